The Morgan fingerprint density at radius 3 is 2.53 bits per heavy atom. The van der Waals surface area contributed by atoms with Crippen LogP contribution < -0.4 is 10.6 Å². The average Bonchev–Trinajstić information content (AvgIpc) is 2.65. The molecule has 2 saturated heterocycles. The fourth-order valence-electron chi connectivity index (χ4n) is 2.22. The first-order valence-electron chi connectivity index (χ1n) is 5.95. The van der Waals surface area contributed by atoms with Gasteiger partial charge in [-0.15, -0.1) is 12.4 Å². The van der Waals surface area contributed by atoms with Gasteiger partial charge in [-0.25, -0.2) is 0 Å². The standard InChI is InChI=1S/C11H20N2O3.ClH/c1-7-9(3-5-15-7)13-11(14)10-8(2)16-6-4-12-10;/h7-10,12H,3-6H2,1-2H3,(H,13,14);1H/t7?,8-,9?,10+;/m1./s1. The first-order chi connectivity index (χ1) is 7.68. The molecule has 2 aliphatic heterocycles. The normalized spacial score (nSPS) is 37.3. The lowest BCUT2D eigenvalue weighted by Gasteiger charge is -2.30. The van der Waals surface area contributed by atoms with Gasteiger partial charge in [-0.2, -0.15) is 0 Å². The van der Waals surface area contributed by atoms with Crippen molar-refractivity contribution in [2.24, 2.45) is 0 Å². The molecule has 0 saturated carbocycles. The highest BCUT2D eigenvalue weighted by Gasteiger charge is 2.32. The summed E-state index contributed by atoms with van der Waals surface area (Å²) in [6.45, 7) is 6.06. The third-order valence-electron chi connectivity index (χ3n) is 3.30. The quantitative estimate of drug-likeness (QED) is 0.742. The molecule has 0 aromatic carbocycles. The maximum Gasteiger partial charge on any atom is 0.240 e. The topological polar surface area (TPSA) is 59.6 Å². The molecule has 4 atom stereocenters. The Bertz CT molecular complexity index is 265. The van der Waals surface area contributed by atoms with Crippen LogP contribution in [0, 0.1) is 0 Å². The third-order valence-corrected chi connectivity index (χ3v) is 3.30. The molecule has 2 heterocycles. The summed E-state index contributed by atoms with van der Waals surface area (Å²) in [5, 5.41) is 6.20. The first-order valence-corrected chi connectivity index (χ1v) is 5.95. The number of nitrogens with one attached hydrogen (secondary N) is 2. The molecule has 17 heavy (non-hydrogen) atoms. The van der Waals surface area contributed by atoms with Crippen LogP contribution in [-0.4, -0.2) is 50.0 Å². The van der Waals surface area contributed by atoms with Crippen molar-refractivity contribution in [3.05, 3.63) is 0 Å². The maximum atomic E-state index is 12.0. The molecule has 0 aromatic heterocycles. The van der Waals surface area contributed by atoms with Gasteiger partial charge >= 0.3 is 0 Å². The summed E-state index contributed by atoms with van der Waals surface area (Å²) in [6, 6.07) is -0.0926. The molecule has 2 aliphatic rings. The van der Waals surface area contributed by atoms with E-state index < -0.39 is 0 Å². The van der Waals surface area contributed by atoms with E-state index in [1.54, 1.807) is 0 Å². The van der Waals surface area contributed by atoms with Crippen molar-refractivity contribution >= 4 is 18.3 Å². The van der Waals surface area contributed by atoms with Crippen LogP contribution in [-0.2, 0) is 14.3 Å². The first kappa shape index (κ1) is 14.7. The van der Waals surface area contributed by atoms with Crippen molar-refractivity contribution in [1.29, 1.82) is 0 Å². The lowest BCUT2D eigenvalue weighted by atomic mass is 10.1. The van der Waals surface area contributed by atoms with Crippen LogP contribution in [0.4, 0.5) is 0 Å². The number of amides is 1. The van der Waals surface area contributed by atoms with Gasteiger partial charge in [0.2, 0.25) is 5.91 Å². The second-order valence-electron chi connectivity index (χ2n) is 4.49. The Morgan fingerprint density at radius 1 is 1.24 bits per heavy atom. The Hall–Kier alpha value is -0.360. The van der Waals surface area contributed by atoms with Crippen molar-refractivity contribution in [3.8, 4) is 0 Å². The predicted molar refractivity (Wildman–Crippen MR) is 66.4 cm³/mol. The predicted octanol–water partition coefficient (Wildman–Crippen LogP) is 0.0787. The van der Waals surface area contributed by atoms with Gasteiger partial charge in [0.25, 0.3) is 0 Å². The van der Waals surface area contributed by atoms with E-state index in [2.05, 4.69) is 10.6 Å². The van der Waals surface area contributed by atoms with Crippen LogP contribution in [0.2, 0.25) is 0 Å². The number of carbonyl (C=O) groups is 1. The fourth-order valence-corrected chi connectivity index (χ4v) is 2.22. The number of halogens is 1. The van der Waals surface area contributed by atoms with E-state index in [4.69, 9.17) is 9.47 Å². The Balaban J connectivity index is 0.00000144. The van der Waals surface area contributed by atoms with Crippen molar-refractivity contribution in [1.82, 2.24) is 10.6 Å². The molecule has 5 nitrogen and oxygen atoms in total. The van der Waals surface area contributed by atoms with Gasteiger partial charge in [0.1, 0.15) is 6.04 Å². The summed E-state index contributed by atoms with van der Waals surface area (Å²) < 4.78 is 10.9. The van der Waals surface area contributed by atoms with Gasteiger partial charge in [-0.3, -0.25) is 4.79 Å². The molecule has 0 aliphatic carbocycles. The molecule has 2 fully saturated rings. The van der Waals surface area contributed by atoms with Crippen LogP contribution in [0.1, 0.15) is 20.3 Å². The van der Waals surface area contributed by atoms with Crippen molar-refractivity contribution < 1.29 is 14.3 Å². The van der Waals surface area contributed by atoms with E-state index >= 15 is 0 Å². The minimum Gasteiger partial charge on any atom is -0.376 e. The minimum atomic E-state index is -0.235. The summed E-state index contributed by atoms with van der Waals surface area (Å²) in [5.74, 6) is 0.0227. The van der Waals surface area contributed by atoms with E-state index in [9.17, 15) is 4.79 Å². The number of hydrogen-bond acceptors (Lipinski definition) is 4. The van der Waals surface area contributed by atoms with E-state index in [1.807, 2.05) is 13.8 Å². The second kappa shape index (κ2) is 6.54. The molecule has 1 amide bonds. The molecule has 2 unspecified atom stereocenters. The summed E-state index contributed by atoms with van der Waals surface area (Å²) in [6.07, 6.45) is 0.949. The monoisotopic (exact) mass is 264 g/mol. The van der Waals surface area contributed by atoms with E-state index in [0.717, 1.165) is 19.6 Å². The Morgan fingerprint density at radius 2 is 1.94 bits per heavy atom. The molecule has 2 N–H and O–H groups in total. The van der Waals surface area contributed by atoms with Gasteiger partial charge in [0.15, 0.2) is 0 Å². The fraction of sp³-hybridized carbons (Fsp3) is 0.909. The van der Waals surface area contributed by atoms with Crippen molar-refractivity contribution in [2.75, 3.05) is 19.8 Å². The highest BCUT2D eigenvalue weighted by Crippen LogP contribution is 2.13. The molecular formula is C11H21ClN2O3. The van der Waals surface area contributed by atoms with Crippen LogP contribution in [0.15, 0.2) is 0 Å². The number of rotatable bonds is 2. The second-order valence-corrected chi connectivity index (χ2v) is 4.49. The van der Waals surface area contributed by atoms with E-state index in [0.29, 0.717) is 6.61 Å². The number of morpholine rings is 1. The Kier molecular flexibility index (Phi) is 5.66. The highest BCUT2D eigenvalue weighted by molar-refractivity contribution is 5.85. The molecule has 6 heteroatoms. The molecule has 100 valence electrons. The van der Waals surface area contributed by atoms with E-state index in [-0.39, 0.29) is 42.6 Å². The number of carbonyl (C=O) groups excluding carboxylic acids is 1. The lowest BCUT2D eigenvalue weighted by molar-refractivity contribution is -0.130. The molecule has 0 spiro atoms. The summed E-state index contributed by atoms with van der Waals surface area (Å²) in [7, 11) is 0. The summed E-state index contributed by atoms with van der Waals surface area (Å²) >= 11 is 0. The number of hydrogen-bond donors (Lipinski definition) is 2. The zero-order valence-electron chi connectivity index (χ0n) is 10.3. The molecule has 0 radical (unpaired) electrons. The molecule has 0 aromatic rings. The van der Waals surface area contributed by atoms with Crippen LogP contribution in [0.25, 0.3) is 0 Å². The molecule has 2 rings (SSSR count). The van der Waals surface area contributed by atoms with Crippen molar-refractivity contribution in [3.63, 3.8) is 0 Å². The van der Waals surface area contributed by atoms with Gasteiger partial charge in [0, 0.05) is 13.2 Å². The molecule has 0 bridgehead atoms. The van der Waals surface area contributed by atoms with Crippen LogP contribution >= 0.6 is 12.4 Å². The molecular weight excluding hydrogens is 244 g/mol. The number of ether oxygens (including phenoxy) is 2. The van der Waals surface area contributed by atoms with Crippen LogP contribution in [0.5, 0.6) is 0 Å². The summed E-state index contributed by atoms with van der Waals surface area (Å²) in [5.41, 5.74) is 0. The van der Waals surface area contributed by atoms with Gasteiger partial charge in [-0.05, 0) is 20.3 Å². The lowest BCUT2D eigenvalue weighted by Crippen LogP contribution is -2.57. The minimum absolute atomic E-state index is 0. The van der Waals surface area contributed by atoms with Crippen LogP contribution in [0.3, 0.4) is 0 Å². The van der Waals surface area contributed by atoms with Gasteiger partial charge in [-0.1, -0.05) is 0 Å². The smallest absolute Gasteiger partial charge is 0.240 e. The van der Waals surface area contributed by atoms with E-state index in [1.165, 1.54) is 0 Å². The summed E-state index contributed by atoms with van der Waals surface area (Å²) in [4.78, 5) is 12.0. The van der Waals surface area contributed by atoms with Crippen molar-refractivity contribution in [2.45, 2.75) is 44.6 Å². The van der Waals surface area contributed by atoms with Gasteiger partial charge < -0.3 is 20.1 Å². The zero-order chi connectivity index (χ0) is 11.5. The van der Waals surface area contributed by atoms with Gasteiger partial charge in [0.05, 0.1) is 24.9 Å². The average molecular weight is 265 g/mol. The third kappa shape index (κ3) is 3.55. The SMILES string of the molecule is CC1OCCC1NC(=O)[C@H]1NCCO[C@@H]1C.Cl. The zero-order valence-corrected chi connectivity index (χ0v) is 11.1. The largest absolute Gasteiger partial charge is 0.376 e. The maximum absolute atomic E-state index is 12.0. The highest BCUT2D eigenvalue weighted by atomic mass is 35.5. The Labute approximate surface area is 108 Å².